The second kappa shape index (κ2) is 5.50. The molecule has 1 aromatic carbocycles. The molecular weight excluding hydrogens is 330 g/mol. The number of amides is 1. The molecule has 0 atom stereocenters. The summed E-state index contributed by atoms with van der Waals surface area (Å²) < 4.78 is -0.0468. The number of aromatic amines is 1. The van der Waals surface area contributed by atoms with Gasteiger partial charge in [0.2, 0.25) is 0 Å². The van der Waals surface area contributed by atoms with Crippen LogP contribution in [0.2, 0.25) is 0 Å². The summed E-state index contributed by atoms with van der Waals surface area (Å²) in [6, 6.07) is 8.32. The van der Waals surface area contributed by atoms with Gasteiger partial charge in [0.05, 0.1) is 11.3 Å². The Bertz CT molecular complexity index is 734. The molecule has 0 spiro atoms. The summed E-state index contributed by atoms with van der Waals surface area (Å²) in [6.07, 6.45) is 0. The number of carbonyl (C=O) groups is 1. The number of nitro groups is 1. The van der Waals surface area contributed by atoms with Crippen LogP contribution in [0, 0.1) is 21.4 Å². The van der Waals surface area contributed by atoms with Crippen molar-refractivity contribution in [2.45, 2.75) is 0 Å². The van der Waals surface area contributed by atoms with Crippen molar-refractivity contribution in [3.8, 4) is 6.07 Å². The lowest BCUT2D eigenvalue weighted by atomic mass is 10.2. The van der Waals surface area contributed by atoms with Gasteiger partial charge >= 0.3 is 5.82 Å². The summed E-state index contributed by atoms with van der Waals surface area (Å²) in [7, 11) is 0. The Kier molecular flexibility index (Phi) is 3.76. The summed E-state index contributed by atoms with van der Waals surface area (Å²) in [5.74, 6) is -1.08. The van der Waals surface area contributed by atoms with E-state index < -0.39 is 16.6 Å². The third-order valence-electron chi connectivity index (χ3n) is 2.38. The number of H-pyrrole nitrogens is 1. The van der Waals surface area contributed by atoms with Crippen LogP contribution in [-0.2, 0) is 0 Å². The van der Waals surface area contributed by atoms with E-state index in [1.54, 1.807) is 18.2 Å². The van der Waals surface area contributed by atoms with Crippen LogP contribution in [-0.4, -0.2) is 21.0 Å². The lowest BCUT2D eigenvalue weighted by Crippen LogP contribution is -2.14. The van der Waals surface area contributed by atoms with Crippen molar-refractivity contribution in [3.63, 3.8) is 0 Å². The van der Waals surface area contributed by atoms with E-state index in [0.29, 0.717) is 5.69 Å². The molecule has 20 heavy (non-hydrogen) atoms. The van der Waals surface area contributed by atoms with Gasteiger partial charge in [0.1, 0.15) is 10.5 Å². The van der Waals surface area contributed by atoms with Crippen LogP contribution in [0.15, 0.2) is 28.7 Å². The molecular formula is C11H6BrN5O3. The number of rotatable bonds is 3. The molecule has 1 aromatic heterocycles. The number of aromatic nitrogens is 2. The molecule has 8 nitrogen and oxygen atoms in total. The normalized spacial score (nSPS) is 9.80. The van der Waals surface area contributed by atoms with Crippen molar-refractivity contribution in [1.82, 2.24) is 10.2 Å². The molecule has 0 aliphatic carbocycles. The molecule has 0 unspecified atom stereocenters. The molecule has 0 bridgehead atoms. The second-order valence-electron chi connectivity index (χ2n) is 3.60. The molecule has 2 aromatic rings. The number of hydrogen-bond donors (Lipinski definition) is 2. The molecule has 0 aliphatic heterocycles. The predicted octanol–water partition coefficient (Wildman–Crippen LogP) is 2.20. The fourth-order valence-electron chi connectivity index (χ4n) is 1.46. The van der Waals surface area contributed by atoms with E-state index in [9.17, 15) is 14.9 Å². The van der Waals surface area contributed by atoms with Crippen molar-refractivity contribution < 1.29 is 9.72 Å². The smallest absolute Gasteiger partial charge is 0.357 e. The van der Waals surface area contributed by atoms with E-state index in [0.717, 1.165) is 0 Å². The fourth-order valence-corrected chi connectivity index (χ4v) is 1.96. The van der Waals surface area contributed by atoms with Crippen molar-refractivity contribution in [3.05, 3.63) is 50.1 Å². The zero-order chi connectivity index (χ0) is 14.7. The van der Waals surface area contributed by atoms with Gasteiger partial charge in [0.25, 0.3) is 5.91 Å². The molecule has 2 rings (SSSR count). The number of nitrogens with one attached hydrogen (secondary N) is 2. The first kappa shape index (κ1) is 13.7. The maximum Gasteiger partial charge on any atom is 0.357 e. The molecule has 0 aliphatic rings. The Labute approximate surface area is 120 Å². The van der Waals surface area contributed by atoms with Crippen LogP contribution in [0.1, 0.15) is 16.1 Å². The topological polar surface area (TPSA) is 125 Å². The van der Waals surface area contributed by atoms with E-state index >= 15 is 0 Å². The molecule has 1 heterocycles. The third-order valence-corrected chi connectivity index (χ3v) is 3.13. The Morgan fingerprint density at radius 1 is 1.50 bits per heavy atom. The van der Waals surface area contributed by atoms with Gasteiger partial charge in [-0.3, -0.25) is 4.79 Å². The van der Waals surface area contributed by atoms with Crippen molar-refractivity contribution in [2.75, 3.05) is 5.32 Å². The number of hydrogen-bond acceptors (Lipinski definition) is 5. The van der Waals surface area contributed by atoms with Crippen LogP contribution in [0.4, 0.5) is 11.5 Å². The second-order valence-corrected chi connectivity index (χ2v) is 4.40. The summed E-state index contributed by atoms with van der Waals surface area (Å²) in [6.45, 7) is 0. The monoisotopic (exact) mass is 335 g/mol. The third kappa shape index (κ3) is 2.50. The van der Waals surface area contributed by atoms with Gasteiger partial charge in [-0.15, -0.1) is 5.10 Å². The van der Waals surface area contributed by atoms with Gasteiger partial charge in [-0.1, -0.05) is 17.2 Å². The fraction of sp³-hybridized carbons (Fsp3) is 0. The molecule has 1 amide bonds. The summed E-state index contributed by atoms with van der Waals surface area (Å²) in [4.78, 5) is 21.9. The highest BCUT2D eigenvalue weighted by atomic mass is 79.9. The van der Waals surface area contributed by atoms with E-state index in [4.69, 9.17) is 5.26 Å². The van der Waals surface area contributed by atoms with E-state index in [1.165, 1.54) is 6.07 Å². The molecule has 0 fully saturated rings. The van der Waals surface area contributed by atoms with Crippen molar-refractivity contribution in [2.24, 2.45) is 0 Å². The van der Waals surface area contributed by atoms with Crippen LogP contribution < -0.4 is 5.32 Å². The number of halogens is 1. The minimum absolute atomic E-state index is 0.0468. The van der Waals surface area contributed by atoms with Gasteiger partial charge in [0, 0.05) is 0 Å². The highest BCUT2D eigenvalue weighted by Gasteiger charge is 2.25. The van der Waals surface area contributed by atoms with Crippen molar-refractivity contribution in [1.29, 1.82) is 5.26 Å². The Morgan fingerprint density at radius 2 is 2.20 bits per heavy atom. The zero-order valence-electron chi connectivity index (χ0n) is 9.75. The van der Waals surface area contributed by atoms with Crippen LogP contribution in [0.25, 0.3) is 0 Å². The lowest BCUT2D eigenvalue weighted by molar-refractivity contribution is -0.390. The molecule has 0 saturated heterocycles. The molecule has 9 heteroatoms. The summed E-state index contributed by atoms with van der Waals surface area (Å²) in [5, 5.41) is 27.8. The minimum atomic E-state index is -0.697. The van der Waals surface area contributed by atoms with E-state index in [1.807, 2.05) is 6.07 Å². The number of nitrogens with zero attached hydrogens (tertiary/aromatic N) is 3. The average molecular weight is 336 g/mol. The average Bonchev–Trinajstić information content (AvgIpc) is 2.81. The Hall–Kier alpha value is -2.73. The first-order valence-corrected chi connectivity index (χ1v) is 6.02. The first-order chi connectivity index (χ1) is 9.54. The van der Waals surface area contributed by atoms with E-state index in [2.05, 4.69) is 31.4 Å². The standard InChI is InChI=1S/C11H6BrN5O3/c12-8-9(15-16-10(8)17(19)20)11(18)14-7-4-2-1-3-6(7)5-13/h1-4H,(H,14,18)(H,15,16). The Balaban J connectivity index is 2.30. The van der Waals surface area contributed by atoms with Gasteiger partial charge in [-0.2, -0.15) is 5.26 Å². The molecule has 2 N–H and O–H groups in total. The number of nitriles is 1. The minimum Gasteiger partial charge on any atom is -0.358 e. The maximum absolute atomic E-state index is 12.0. The highest BCUT2D eigenvalue weighted by Crippen LogP contribution is 2.26. The quantitative estimate of drug-likeness (QED) is 0.657. The highest BCUT2D eigenvalue weighted by molar-refractivity contribution is 9.10. The van der Waals surface area contributed by atoms with Gasteiger partial charge in [-0.25, -0.2) is 0 Å². The first-order valence-electron chi connectivity index (χ1n) is 5.23. The molecule has 100 valence electrons. The van der Waals surface area contributed by atoms with Crippen LogP contribution >= 0.6 is 15.9 Å². The number of para-hydroxylation sites is 1. The largest absolute Gasteiger partial charge is 0.358 e. The Morgan fingerprint density at radius 3 is 2.80 bits per heavy atom. The number of benzene rings is 1. The molecule has 0 radical (unpaired) electrons. The number of carbonyl (C=O) groups excluding carboxylic acids is 1. The van der Waals surface area contributed by atoms with Crippen molar-refractivity contribution >= 4 is 33.3 Å². The van der Waals surface area contributed by atoms with Gasteiger partial charge < -0.3 is 15.4 Å². The predicted molar refractivity (Wildman–Crippen MR) is 72.1 cm³/mol. The van der Waals surface area contributed by atoms with Gasteiger partial charge in [0.15, 0.2) is 5.69 Å². The summed E-state index contributed by atoms with van der Waals surface area (Å²) >= 11 is 2.94. The SMILES string of the molecule is N#Cc1ccccc1NC(=O)c1n[nH]c([N+](=O)[O-])c1Br. The van der Waals surface area contributed by atoms with Crippen LogP contribution in [0.3, 0.4) is 0 Å². The van der Waals surface area contributed by atoms with E-state index in [-0.39, 0.29) is 15.7 Å². The molecule has 0 saturated carbocycles. The lowest BCUT2D eigenvalue weighted by Gasteiger charge is -2.04. The summed E-state index contributed by atoms with van der Waals surface area (Å²) in [5.41, 5.74) is 0.420. The maximum atomic E-state index is 12.0. The van der Waals surface area contributed by atoms with Gasteiger partial charge in [-0.05, 0) is 33.0 Å². The number of anilines is 1. The van der Waals surface area contributed by atoms with Crippen LogP contribution in [0.5, 0.6) is 0 Å². The zero-order valence-corrected chi connectivity index (χ0v) is 11.3.